The van der Waals surface area contributed by atoms with Crippen LogP contribution in [0, 0.1) is 17.8 Å². The summed E-state index contributed by atoms with van der Waals surface area (Å²) in [6.45, 7) is 3.39. The minimum Gasteiger partial charge on any atom is -0.313 e. The summed E-state index contributed by atoms with van der Waals surface area (Å²) in [6, 6.07) is 9.05. The highest BCUT2D eigenvalue weighted by Crippen LogP contribution is 2.57. The van der Waals surface area contributed by atoms with Crippen LogP contribution in [0.3, 0.4) is 0 Å². The van der Waals surface area contributed by atoms with Gasteiger partial charge in [0.2, 0.25) is 0 Å². The molecule has 3 unspecified atom stereocenters. The second-order valence-electron chi connectivity index (χ2n) is 6.58. The van der Waals surface area contributed by atoms with E-state index in [1.165, 1.54) is 37.7 Å². The van der Waals surface area contributed by atoms with Crippen LogP contribution < -0.4 is 5.32 Å². The molecule has 1 aromatic carbocycles. The molecule has 0 bridgehead atoms. The van der Waals surface area contributed by atoms with E-state index in [-0.39, 0.29) is 0 Å². The Morgan fingerprint density at radius 1 is 1.25 bits per heavy atom. The van der Waals surface area contributed by atoms with E-state index in [4.69, 9.17) is 11.6 Å². The minimum atomic E-state index is 0.654. The lowest BCUT2D eigenvalue weighted by molar-refractivity contribution is 0.428. The normalized spacial score (nSPS) is 29.8. The molecular weight excluding hydrogens is 266 g/mol. The lowest BCUT2D eigenvalue weighted by Crippen LogP contribution is -2.34. The van der Waals surface area contributed by atoms with Gasteiger partial charge in [-0.2, -0.15) is 0 Å². The van der Waals surface area contributed by atoms with Crippen molar-refractivity contribution in [3.63, 3.8) is 0 Å². The molecule has 0 aromatic heterocycles. The Bertz CT molecular complexity index is 433. The lowest BCUT2D eigenvalue weighted by atomic mass is 9.99. The van der Waals surface area contributed by atoms with Crippen molar-refractivity contribution in [1.29, 1.82) is 0 Å². The summed E-state index contributed by atoms with van der Waals surface area (Å²) < 4.78 is 0. The van der Waals surface area contributed by atoms with Gasteiger partial charge in [0, 0.05) is 11.1 Å². The van der Waals surface area contributed by atoms with Crippen molar-refractivity contribution in [2.75, 3.05) is 6.54 Å². The molecule has 0 radical (unpaired) electrons. The van der Waals surface area contributed by atoms with Crippen molar-refractivity contribution in [3.05, 3.63) is 34.9 Å². The van der Waals surface area contributed by atoms with E-state index in [2.05, 4.69) is 30.4 Å². The van der Waals surface area contributed by atoms with Crippen LogP contribution in [0.1, 0.15) is 44.6 Å². The van der Waals surface area contributed by atoms with E-state index in [1.807, 2.05) is 6.07 Å². The third kappa shape index (κ3) is 3.20. The minimum absolute atomic E-state index is 0.654. The molecule has 0 aliphatic heterocycles. The highest BCUT2D eigenvalue weighted by molar-refractivity contribution is 6.30. The largest absolute Gasteiger partial charge is 0.313 e. The van der Waals surface area contributed by atoms with Crippen LogP contribution in [0.5, 0.6) is 0 Å². The molecule has 0 heterocycles. The molecule has 2 fully saturated rings. The van der Waals surface area contributed by atoms with Crippen molar-refractivity contribution < 1.29 is 0 Å². The molecule has 20 heavy (non-hydrogen) atoms. The summed E-state index contributed by atoms with van der Waals surface area (Å²) in [6.07, 6.45) is 8.20. The zero-order chi connectivity index (χ0) is 13.9. The first-order valence-corrected chi connectivity index (χ1v) is 8.65. The van der Waals surface area contributed by atoms with Crippen molar-refractivity contribution in [3.8, 4) is 0 Å². The molecule has 1 nitrogen and oxygen atoms in total. The number of benzene rings is 1. The Morgan fingerprint density at radius 2 is 2.00 bits per heavy atom. The van der Waals surface area contributed by atoms with Gasteiger partial charge in [-0.05, 0) is 67.7 Å². The lowest BCUT2D eigenvalue weighted by Gasteiger charge is -2.19. The third-order valence-electron chi connectivity index (χ3n) is 5.19. The van der Waals surface area contributed by atoms with E-state index >= 15 is 0 Å². The molecule has 0 spiro atoms. The van der Waals surface area contributed by atoms with Gasteiger partial charge >= 0.3 is 0 Å². The molecule has 2 heteroatoms. The predicted molar refractivity (Wildman–Crippen MR) is 86.2 cm³/mol. The first kappa shape index (κ1) is 14.4. The molecule has 3 rings (SSSR count). The molecular formula is C18H26ClN. The van der Waals surface area contributed by atoms with Crippen LogP contribution in [-0.4, -0.2) is 12.6 Å². The standard InChI is InChI=1S/C18H26ClN/c1-2-10-20-17(12-13-6-5-7-14(19)11-13)18-15-8-3-4-9-16(15)18/h5-7,11,15-18,20H,2-4,8-10,12H2,1H3. The fourth-order valence-electron chi connectivity index (χ4n) is 4.24. The third-order valence-corrected chi connectivity index (χ3v) is 5.42. The topological polar surface area (TPSA) is 12.0 Å². The van der Waals surface area contributed by atoms with Crippen LogP contribution in [0.15, 0.2) is 24.3 Å². The Balaban J connectivity index is 1.67. The average molecular weight is 292 g/mol. The Kier molecular flexibility index (Phi) is 4.68. The maximum absolute atomic E-state index is 6.13. The van der Waals surface area contributed by atoms with Crippen molar-refractivity contribution >= 4 is 11.6 Å². The highest BCUT2D eigenvalue weighted by Gasteiger charge is 2.53. The average Bonchev–Trinajstić information content (AvgIpc) is 3.18. The van der Waals surface area contributed by atoms with Gasteiger partial charge in [0.25, 0.3) is 0 Å². The van der Waals surface area contributed by atoms with Crippen LogP contribution in [0.2, 0.25) is 5.02 Å². The van der Waals surface area contributed by atoms with E-state index < -0.39 is 0 Å². The first-order valence-electron chi connectivity index (χ1n) is 8.27. The number of fused-ring (bicyclic) bond motifs is 1. The molecule has 1 N–H and O–H groups in total. The summed E-state index contributed by atoms with van der Waals surface area (Å²) in [5.41, 5.74) is 1.38. The summed E-state index contributed by atoms with van der Waals surface area (Å²) in [5.74, 6) is 2.94. The van der Waals surface area contributed by atoms with Crippen LogP contribution in [0.4, 0.5) is 0 Å². The summed E-state index contributed by atoms with van der Waals surface area (Å²) >= 11 is 6.13. The molecule has 1 aromatic rings. The Hall–Kier alpha value is -0.530. The van der Waals surface area contributed by atoms with Crippen molar-refractivity contribution in [1.82, 2.24) is 5.32 Å². The van der Waals surface area contributed by atoms with Gasteiger partial charge in [-0.3, -0.25) is 0 Å². The summed E-state index contributed by atoms with van der Waals surface area (Å²) in [4.78, 5) is 0. The predicted octanol–water partition coefficient (Wildman–Crippen LogP) is 4.69. The fraction of sp³-hybridized carbons (Fsp3) is 0.667. The number of nitrogens with one attached hydrogen (secondary N) is 1. The second-order valence-corrected chi connectivity index (χ2v) is 7.02. The van der Waals surface area contributed by atoms with E-state index in [0.29, 0.717) is 6.04 Å². The number of halogens is 1. The van der Waals surface area contributed by atoms with E-state index in [0.717, 1.165) is 35.7 Å². The second kappa shape index (κ2) is 6.49. The molecule has 0 amide bonds. The molecule has 2 saturated carbocycles. The zero-order valence-corrected chi connectivity index (χ0v) is 13.2. The van der Waals surface area contributed by atoms with Gasteiger partial charge < -0.3 is 5.32 Å². The summed E-state index contributed by atoms with van der Waals surface area (Å²) in [7, 11) is 0. The number of hydrogen-bond donors (Lipinski definition) is 1. The van der Waals surface area contributed by atoms with E-state index in [9.17, 15) is 0 Å². The van der Waals surface area contributed by atoms with Gasteiger partial charge in [-0.1, -0.05) is 43.5 Å². The van der Waals surface area contributed by atoms with Gasteiger partial charge in [0.15, 0.2) is 0 Å². The maximum Gasteiger partial charge on any atom is 0.0408 e. The quantitative estimate of drug-likeness (QED) is 0.802. The molecule has 2 aliphatic rings. The van der Waals surface area contributed by atoms with Crippen LogP contribution in [-0.2, 0) is 6.42 Å². The van der Waals surface area contributed by atoms with Crippen molar-refractivity contribution in [2.45, 2.75) is 51.5 Å². The Morgan fingerprint density at radius 3 is 2.65 bits per heavy atom. The van der Waals surface area contributed by atoms with E-state index in [1.54, 1.807) is 0 Å². The van der Waals surface area contributed by atoms with Crippen LogP contribution in [0.25, 0.3) is 0 Å². The zero-order valence-electron chi connectivity index (χ0n) is 12.4. The van der Waals surface area contributed by atoms with Gasteiger partial charge in [-0.25, -0.2) is 0 Å². The molecule has 2 aliphatic carbocycles. The maximum atomic E-state index is 6.13. The summed E-state index contributed by atoms with van der Waals surface area (Å²) in [5, 5.41) is 4.68. The smallest absolute Gasteiger partial charge is 0.0408 e. The number of hydrogen-bond acceptors (Lipinski definition) is 1. The Labute approximate surface area is 128 Å². The number of rotatable bonds is 6. The molecule has 0 saturated heterocycles. The van der Waals surface area contributed by atoms with Crippen molar-refractivity contribution in [2.24, 2.45) is 17.8 Å². The molecule has 3 atom stereocenters. The molecule has 110 valence electrons. The highest BCUT2D eigenvalue weighted by atomic mass is 35.5. The monoisotopic (exact) mass is 291 g/mol. The van der Waals surface area contributed by atoms with Gasteiger partial charge in [0.05, 0.1) is 0 Å². The van der Waals surface area contributed by atoms with Crippen LogP contribution >= 0.6 is 11.6 Å². The SMILES string of the molecule is CCCNC(Cc1cccc(Cl)c1)C1C2CCCCC21. The fourth-order valence-corrected chi connectivity index (χ4v) is 4.45. The first-order chi connectivity index (χ1) is 9.79. The van der Waals surface area contributed by atoms with Gasteiger partial charge in [0.1, 0.15) is 0 Å². The van der Waals surface area contributed by atoms with Gasteiger partial charge in [-0.15, -0.1) is 0 Å².